The summed E-state index contributed by atoms with van der Waals surface area (Å²) in [5, 5.41) is 12.9. The number of hydrogen-bond acceptors (Lipinski definition) is 5. The van der Waals surface area contributed by atoms with E-state index in [0.29, 0.717) is 22.3 Å². The first kappa shape index (κ1) is 22.9. The zero-order valence-electron chi connectivity index (χ0n) is 18.3. The van der Waals surface area contributed by atoms with Gasteiger partial charge in [-0.3, -0.25) is 9.36 Å². The maximum Gasteiger partial charge on any atom is 0.234 e. The lowest BCUT2D eigenvalue weighted by Gasteiger charge is -2.11. The summed E-state index contributed by atoms with van der Waals surface area (Å²) in [5.41, 5.74) is 3.66. The maximum absolute atomic E-state index is 12.6. The third-order valence-corrected chi connectivity index (χ3v) is 6.36. The fraction of sp³-hybridized carbons (Fsp3) is 0.160. The molecule has 0 aliphatic rings. The highest BCUT2D eigenvalue weighted by molar-refractivity contribution is 7.99. The molecule has 0 saturated heterocycles. The predicted molar refractivity (Wildman–Crippen MR) is 133 cm³/mol. The first-order valence-corrected chi connectivity index (χ1v) is 11.7. The molecule has 0 atom stereocenters. The van der Waals surface area contributed by atoms with Crippen molar-refractivity contribution < 1.29 is 9.53 Å². The van der Waals surface area contributed by atoms with Crippen molar-refractivity contribution in [3.8, 4) is 11.4 Å². The van der Waals surface area contributed by atoms with Gasteiger partial charge in [-0.05, 0) is 54.4 Å². The van der Waals surface area contributed by atoms with E-state index in [1.807, 2.05) is 66.1 Å². The van der Waals surface area contributed by atoms with Gasteiger partial charge < -0.3 is 10.1 Å². The summed E-state index contributed by atoms with van der Waals surface area (Å²) >= 11 is 7.49. The molecule has 8 heteroatoms. The number of nitrogens with one attached hydrogen (secondary N) is 1. The van der Waals surface area contributed by atoms with Gasteiger partial charge in [-0.15, -0.1) is 10.2 Å². The van der Waals surface area contributed by atoms with E-state index in [9.17, 15) is 4.79 Å². The van der Waals surface area contributed by atoms with Gasteiger partial charge in [0.15, 0.2) is 5.16 Å². The zero-order valence-corrected chi connectivity index (χ0v) is 19.9. The van der Waals surface area contributed by atoms with Crippen LogP contribution in [0.5, 0.6) is 5.75 Å². The second-order valence-corrected chi connectivity index (χ2v) is 8.75. The molecule has 3 aromatic carbocycles. The van der Waals surface area contributed by atoms with E-state index in [4.69, 9.17) is 16.3 Å². The van der Waals surface area contributed by atoms with E-state index in [-0.39, 0.29) is 11.7 Å². The summed E-state index contributed by atoms with van der Waals surface area (Å²) in [7, 11) is 1.63. The second-order valence-electron chi connectivity index (χ2n) is 7.40. The Kier molecular flexibility index (Phi) is 7.32. The lowest BCUT2D eigenvalue weighted by Crippen LogP contribution is -2.14. The van der Waals surface area contributed by atoms with Crippen molar-refractivity contribution in [1.82, 2.24) is 14.8 Å². The Morgan fingerprint density at radius 1 is 1.06 bits per heavy atom. The molecule has 6 nitrogen and oxygen atoms in total. The molecule has 4 rings (SSSR count). The van der Waals surface area contributed by atoms with E-state index >= 15 is 0 Å². The predicted octanol–water partition coefficient (Wildman–Crippen LogP) is 5.56. The van der Waals surface area contributed by atoms with Crippen molar-refractivity contribution in [2.24, 2.45) is 0 Å². The van der Waals surface area contributed by atoms with E-state index < -0.39 is 0 Å². The molecule has 1 N–H and O–H groups in total. The molecule has 4 aromatic rings. The Hall–Kier alpha value is -3.29. The Bertz CT molecular complexity index is 1240. The molecule has 0 aliphatic carbocycles. The molecule has 33 heavy (non-hydrogen) atoms. The van der Waals surface area contributed by atoms with Crippen LogP contribution in [0.15, 0.2) is 78.0 Å². The number of aryl methyl sites for hydroxylation is 1. The number of halogens is 1. The van der Waals surface area contributed by atoms with Gasteiger partial charge in [0.05, 0.1) is 12.9 Å². The molecule has 0 unspecified atom stereocenters. The van der Waals surface area contributed by atoms with Crippen molar-refractivity contribution >= 4 is 35.0 Å². The van der Waals surface area contributed by atoms with Gasteiger partial charge in [0, 0.05) is 22.8 Å². The van der Waals surface area contributed by atoms with Crippen molar-refractivity contribution in [2.45, 2.75) is 18.5 Å². The van der Waals surface area contributed by atoms with Crippen molar-refractivity contribution in [3.63, 3.8) is 0 Å². The van der Waals surface area contributed by atoms with E-state index in [2.05, 4.69) is 27.6 Å². The topological polar surface area (TPSA) is 69.0 Å². The van der Waals surface area contributed by atoms with E-state index in [0.717, 1.165) is 28.4 Å². The Balaban J connectivity index is 1.55. The molecule has 0 spiro atoms. The maximum atomic E-state index is 12.6. The van der Waals surface area contributed by atoms with Crippen LogP contribution in [-0.2, 0) is 11.2 Å². The number of carbonyl (C=O) groups excluding carboxylic acids is 1. The van der Waals surface area contributed by atoms with Crippen LogP contribution in [-0.4, -0.2) is 33.5 Å². The first-order valence-electron chi connectivity index (χ1n) is 10.3. The largest absolute Gasteiger partial charge is 0.497 e. The number of methoxy groups -OCH3 is 1. The van der Waals surface area contributed by atoms with Crippen LogP contribution in [0.3, 0.4) is 0 Å². The molecule has 1 heterocycles. The third kappa shape index (κ3) is 5.74. The minimum Gasteiger partial charge on any atom is -0.497 e. The fourth-order valence-electron chi connectivity index (χ4n) is 3.28. The monoisotopic (exact) mass is 478 g/mol. The summed E-state index contributed by atoms with van der Waals surface area (Å²) in [6.45, 7) is 1.92. The second kappa shape index (κ2) is 10.6. The van der Waals surface area contributed by atoms with Crippen LogP contribution in [0.2, 0.25) is 5.02 Å². The summed E-state index contributed by atoms with van der Waals surface area (Å²) in [6, 6.07) is 23.2. The number of ether oxygens (including phenoxy) is 1. The van der Waals surface area contributed by atoms with Crippen molar-refractivity contribution in [2.75, 3.05) is 18.2 Å². The number of thioether (sulfide) groups is 1. The minimum atomic E-state index is -0.145. The smallest absolute Gasteiger partial charge is 0.234 e. The molecule has 0 saturated carbocycles. The number of benzene rings is 3. The van der Waals surface area contributed by atoms with Gasteiger partial charge in [0.2, 0.25) is 5.91 Å². The average Bonchev–Trinajstić information content (AvgIpc) is 3.23. The number of nitrogens with zero attached hydrogens (tertiary/aromatic N) is 3. The average molecular weight is 479 g/mol. The number of aromatic nitrogens is 3. The molecular formula is C25H23ClN4O2S. The minimum absolute atomic E-state index is 0.145. The lowest BCUT2D eigenvalue weighted by molar-refractivity contribution is -0.113. The number of anilines is 1. The van der Waals surface area contributed by atoms with Crippen LogP contribution < -0.4 is 10.1 Å². The number of carbonyl (C=O) groups is 1. The van der Waals surface area contributed by atoms with E-state index in [1.54, 1.807) is 13.2 Å². The third-order valence-electron chi connectivity index (χ3n) is 5.02. The van der Waals surface area contributed by atoms with Crippen LogP contribution >= 0.6 is 23.4 Å². The Morgan fingerprint density at radius 2 is 1.82 bits per heavy atom. The molecule has 168 valence electrons. The van der Waals surface area contributed by atoms with Crippen LogP contribution in [0, 0.1) is 6.92 Å². The molecular weight excluding hydrogens is 456 g/mol. The van der Waals surface area contributed by atoms with Gasteiger partial charge in [0.25, 0.3) is 0 Å². The highest BCUT2D eigenvalue weighted by Crippen LogP contribution is 2.26. The highest BCUT2D eigenvalue weighted by atomic mass is 35.5. The first-order chi connectivity index (χ1) is 16.0. The van der Waals surface area contributed by atoms with Gasteiger partial charge in [-0.25, -0.2) is 0 Å². The molecule has 1 amide bonds. The Morgan fingerprint density at radius 3 is 2.52 bits per heavy atom. The molecule has 0 radical (unpaired) electrons. The van der Waals surface area contributed by atoms with Crippen molar-refractivity contribution in [1.29, 1.82) is 0 Å². The Labute approximate surface area is 202 Å². The normalized spacial score (nSPS) is 10.8. The quantitative estimate of drug-likeness (QED) is 0.336. The summed E-state index contributed by atoms with van der Waals surface area (Å²) < 4.78 is 7.27. The summed E-state index contributed by atoms with van der Waals surface area (Å²) in [6.07, 6.45) is 0.620. The molecule has 0 aliphatic heterocycles. The van der Waals surface area contributed by atoms with Gasteiger partial charge >= 0.3 is 0 Å². The number of hydrogen-bond donors (Lipinski definition) is 1. The summed E-state index contributed by atoms with van der Waals surface area (Å²) in [5.74, 6) is 1.60. The summed E-state index contributed by atoms with van der Waals surface area (Å²) in [4.78, 5) is 12.6. The van der Waals surface area contributed by atoms with E-state index in [1.165, 1.54) is 11.8 Å². The van der Waals surface area contributed by atoms with Gasteiger partial charge in [-0.1, -0.05) is 59.8 Å². The van der Waals surface area contributed by atoms with Gasteiger partial charge in [-0.2, -0.15) is 0 Å². The SMILES string of the molecule is COc1ccc(-n2c(Cc3ccccc3)nnc2SCC(=O)Nc2ccc(C)c(Cl)c2)cc1. The standard InChI is InChI=1S/C25H23ClN4O2S/c1-17-8-9-19(15-22(17)26)27-24(31)16-33-25-29-28-23(14-18-6-4-3-5-7-18)30(25)20-10-12-21(32-2)13-11-20/h3-13,15H,14,16H2,1-2H3,(H,27,31). The molecule has 1 aromatic heterocycles. The fourth-order valence-corrected chi connectivity index (χ4v) is 4.23. The highest BCUT2D eigenvalue weighted by Gasteiger charge is 2.17. The lowest BCUT2D eigenvalue weighted by atomic mass is 10.1. The van der Waals surface area contributed by atoms with Crippen LogP contribution in [0.4, 0.5) is 5.69 Å². The van der Waals surface area contributed by atoms with Gasteiger partial charge in [0.1, 0.15) is 11.6 Å². The van der Waals surface area contributed by atoms with Crippen LogP contribution in [0.1, 0.15) is 17.0 Å². The molecule has 0 bridgehead atoms. The number of amides is 1. The zero-order chi connectivity index (χ0) is 23.2. The number of rotatable bonds is 8. The van der Waals surface area contributed by atoms with Crippen molar-refractivity contribution in [3.05, 3.63) is 94.8 Å². The van der Waals surface area contributed by atoms with Crippen LogP contribution in [0.25, 0.3) is 5.69 Å². The molecule has 0 fully saturated rings.